The van der Waals surface area contributed by atoms with Crippen molar-refractivity contribution in [3.8, 4) is 0 Å². The van der Waals surface area contributed by atoms with Gasteiger partial charge in [0.25, 0.3) is 0 Å². The van der Waals surface area contributed by atoms with Crippen LogP contribution >= 0.6 is 12.0 Å². The first-order valence-electron chi connectivity index (χ1n) is 6.18. The van der Waals surface area contributed by atoms with Crippen LogP contribution in [0.25, 0.3) is 0 Å². The van der Waals surface area contributed by atoms with Crippen molar-refractivity contribution in [3.63, 3.8) is 0 Å². The first kappa shape index (κ1) is 18.7. The van der Waals surface area contributed by atoms with Gasteiger partial charge in [0.2, 0.25) is 0 Å². The fraction of sp³-hybridized carbons (Fsp3) is 1.00. The van der Waals surface area contributed by atoms with Gasteiger partial charge in [0, 0.05) is 5.75 Å². The summed E-state index contributed by atoms with van der Waals surface area (Å²) in [5.74, 6) is 0.913. The monoisotopic (exact) mass is 242 g/mol. The van der Waals surface area contributed by atoms with Crippen LogP contribution < -0.4 is 0 Å². The van der Waals surface area contributed by atoms with Gasteiger partial charge < -0.3 is 4.55 Å². The van der Waals surface area contributed by atoms with Gasteiger partial charge in [-0.3, -0.25) is 0 Å². The van der Waals surface area contributed by atoms with E-state index >= 15 is 0 Å². The minimum absolute atomic E-state index is 0. The Hall–Kier alpha value is 1.31. The van der Waals surface area contributed by atoms with E-state index in [2.05, 4.69) is 6.92 Å². The van der Waals surface area contributed by atoms with E-state index in [0.717, 1.165) is 17.8 Å². The number of hydrogen-bond acceptors (Lipinski definition) is 2. The SMILES string of the molecule is CCCCCCCCCCCCSO.[NaH]. The third-order valence-electron chi connectivity index (χ3n) is 2.59. The molecule has 0 saturated carbocycles. The summed E-state index contributed by atoms with van der Waals surface area (Å²) in [4.78, 5) is 0. The fourth-order valence-corrected chi connectivity index (χ4v) is 1.99. The molecular weight excluding hydrogens is 215 g/mol. The van der Waals surface area contributed by atoms with Crippen molar-refractivity contribution in [3.05, 3.63) is 0 Å². The Morgan fingerprint density at radius 2 is 1.13 bits per heavy atom. The topological polar surface area (TPSA) is 20.2 Å². The van der Waals surface area contributed by atoms with E-state index in [-0.39, 0.29) is 29.6 Å². The van der Waals surface area contributed by atoms with E-state index in [4.69, 9.17) is 4.55 Å². The molecular formula is C12H27NaOS. The molecule has 0 atom stereocenters. The first-order chi connectivity index (χ1) is 6.91. The molecule has 0 saturated heterocycles. The Kier molecular flexibility index (Phi) is 22.0. The minimum atomic E-state index is 0. The molecule has 0 bridgehead atoms. The summed E-state index contributed by atoms with van der Waals surface area (Å²) in [6.45, 7) is 2.26. The predicted octanol–water partition coefficient (Wildman–Crippen LogP) is 4.47. The zero-order chi connectivity index (χ0) is 10.5. The molecule has 0 aliphatic heterocycles. The number of rotatable bonds is 11. The molecule has 0 aromatic rings. The van der Waals surface area contributed by atoms with Crippen molar-refractivity contribution in [1.29, 1.82) is 0 Å². The van der Waals surface area contributed by atoms with Crippen LogP contribution in [0.4, 0.5) is 0 Å². The van der Waals surface area contributed by atoms with Crippen LogP contribution in [-0.4, -0.2) is 39.9 Å². The maximum atomic E-state index is 8.51. The second kappa shape index (κ2) is 17.7. The van der Waals surface area contributed by atoms with E-state index in [0.29, 0.717) is 0 Å². The van der Waals surface area contributed by atoms with Crippen molar-refractivity contribution in [1.82, 2.24) is 0 Å². The normalized spacial score (nSPS) is 10.0. The van der Waals surface area contributed by atoms with Crippen molar-refractivity contribution in [2.24, 2.45) is 0 Å². The van der Waals surface area contributed by atoms with Crippen LogP contribution in [0.2, 0.25) is 0 Å². The summed E-state index contributed by atoms with van der Waals surface area (Å²) in [5.41, 5.74) is 0. The van der Waals surface area contributed by atoms with Crippen LogP contribution in [0, 0.1) is 0 Å². The average molecular weight is 242 g/mol. The van der Waals surface area contributed by atoms with Gasteiger partial charge in [-0.15, -0.1) is 0 Å². The fourth-order valence-electron chi connectivity index (χ4n) is 1.65. The molecule has 1 N–H and O–H groups in total. The number of unbranched alkanes of at least 4 members (excludes halogenated alkanes) is 9. The molecule has 1 nitrogen and oxygen atoms in total. The Labute approximate surface area is 122 Å². The van der Waals surface area contributed by atoms with E-state index in [1.807, 2.05) is 0 Å². The standard InChI is InChI=1S/C12H26OS.Na.H/c1-2-3-4-5-6-7-8-9-10-11-12-14-13;;/h13H,2-12H2,1H3;;. The Bertz CT molecular complexity index is 89.6. The number of hydrogen-bond donors (Lipinski definition) is 1. The Morgan fingerprint density at radius 1 is 0.733 bits per heavy atom. The van der Waals surface area contributed by atoms with Crippen LogP contribution in [-0.2, 0) is 0 Å². The first-order valence-corrected chi connectivity index (χ1v) is 7.12. The summed E-state index contributed by atoms with van der Waals surface area (Å²) in [6, 6.07) is 0. The molecule has 0 rings (SSSR count). The Morgan fingerprint density at radius 3 is 1.53 bits per heavy atom. The summed E-state index contributed by atoms with van der Waals surface area (Å²) >= 11 is 0.979. The zero-order valence-electron chi connectivity index (χ0n) is 9.63. The van der Waals surface area contributed by atoms with E-state index in [9.17, 15) is 0 Å². The van der Waals surface area contributed by atoms with E-state index in [1.165, 1.54) is 64.2 Å². The van der Waals surface area contributed by atoms with Gasteiger partial charge in [-0.25, -0.2) is 0 Å². The predicted molar refractivity (Wildman–Crippen MR) is 74.1 cm³/mol. The molecule has 0 heterocycles. The van der Waals surface area contributed by atoms with Crippen molar-refractivity contribution >= 4 is 41.6 Å². The molecule has 3 heteroatoms. The van der Waals surface area contributed by atoms with Crippen LogP contribution in [0.15, 0.2) is 0 Å². The van der Waals surface area contributed by atoms with E-state index < -0.39 is 0 Å². The molecule has 0 spiro atoms. The molecule has 0 amide bonds. The van der Waals surface area contributed by atoms with Crippen LogP contribution in [0.3, 0.4) is 0 Å². The Balaban J connectivity index is 0. The molecule has 0 unspecified atom stereocenters. The van der Waals surface area contributed by atoms with Gasteiger partial charge in [0.1, 0.15) is 0 Å². The van der Waals surface area contributed by atoms with Crippen molar-refractivity contribution in [2.75, 3.05) is 5.75 Å². The molecule has 0 aliphatic rings. The van der Waals surface area contributed by atoms with Gasteiger partial charge >= 0.3 is 29.6 Å². The molecule has 0 aromatic carbocycles. The maximum absolute atomic E-state index is 8.51. The molecule has 15 heavy (non-hydrogen) atoms. The van der Waals surface area contributed by atoms with Crippen molar-refractivity contribution in [2.45, 2.75) is 71.1 Å². The van der Waals surface area contributed by atoms with Gasteiger partial charge in [0.05, 0.1) is 0 Å². The summed E-state index contributed by atoms with van der Waals surface area (Å²) < 4.78 is 8.51. The van der Waals surface area contributed by atoms with Gasteiger partial charge in [-0.05, 0) is 18.5 Å². The third kappa shape index (κ3) is 17.9. The zero-order valence-corrected chi connectivity index (χ0v) is 10.5. The van der Waals surface area contributed by atoms with Crippen LogP contribution in [0.5, 0.6) is 0 Å². The van der Waals surface area contributed by atoms with Gasteiger partial charge in [0.15, 0.2) is 0 Å². The summed E-state index contributed by atoms with van der Waals surface area (Å²) in [5, 5.41) is 0. The van der Waals surface area contributed by atoms with Crippen molar-refractivity contribution < 1.29 is 4.55 Å². The van der Waals surface area contributed by atoms with E-state index in [1.54, 1.807) is 0 Å². The second-order valence-electron chi connectivity index (χ2n) is 4.02. The molecule has 88 valence electrons. The summed E-state index contributed by atoms with van der Waals surface area (Å²) in [6.07, 6.45) is 13.7. The second-order valence-corrected chi connectivity index (χ2v) is 4.68. The molecule has 0 aromatic heterocycles. The average Bonchev–Trinajstić information content (AvgIpc) is 2.21. The molecule has 0 fully saturated rings. The molecule has 0 aliphatic carbocycles. The third-order valence-corrected chi connectivity index (χ3v) is 3.06. The summed E-state index contributed by atoms with van der Waals surface area (Å²) in [7, 11) is 0. The quantitative estimate of drug-likeness (QED) is 0.328. The van der Waals surface area contributed by atoms with Gasteiger partial charge in [-0.2, -0.15) is 0 Å². The molecule has 0 radical (unpaired) electrons. The van der Waals surface area contributed by atoms with Gasteiger partial charge in [-0.1, -0.05) is 64.7 Å². The van der Waals surface area contributed by atoms with Crippen LogP contribution in [0.1, 0.15) is 71.1 Å².